The van der Waals surface area contributed by atoms with Crippen molar-refractivity contribution in [2.24, 2.45) is 0 Å². The van der Waals surface area contributed by atoms with Crippen LogP contribution in [0, 0.1) is 11.6 Å². The first-order valence-corrected chi connectivity index (χ1v) is 12.7. The zero-order chi connectivity index (χ0) is 32.2. The number of hydrogen-bond donors (Lipinski definition) is 2. The third kappa shape index (κ3) is 8.48. The highest BCUT2D eigenvalue weighted by Crippen LogP contribution is 2.39. The van der Waals surface area contributed by atoms with Crippen molar-refractivity contribution in [1.82, 2.24) is 10.6 Å². The average Bonchev–Trinajstić information content (AvgIpc) is 2.88. The number of ether oxygens (including phenoxy) is 2. The molecule has 0 saturated carbocycles. The number of carbonyl (C=O) groups excluding carboxylic acids is 1. The molecule has 2 atom stereocenters. The molecule has 43 heavy (non-hydrogen) atoms. The largest absolute Gasteiger partial charge is 0.488 e. The molecule has 0 fully saturated rings. The van der Waals surface area contributed by atoms with Crippen molar-refractivity contribution in [3.8, 4) is 11.5 Å². The molecular formula is C29H27F9N2O3. The molecule has 0 aliphatic rings. The molecule has 3 aromatic carbocycles. The van der Waals surface area contributed by atoms with Gasteiger partial charge in [0, 0.05) is 12.5 Å². The van der Waals surface area contributed by atoms with Crippen LogP contribution >= 0.6 is 0 Å². The lowest BCUT2D eigenvalue weighted by atomic mass is 9.77. The van der Waals surface area contributed by atoms with Crippen LogP contribution in [-0.2, 0) is 12.0 Å². The van der Waals surface area contributed by atoms with E-state index >= 15 is 0 Å². The zero-order valence-electron chi connectivity index (χ0n) is 22.9. The van der Waals surface area contributed by atoms with Gasteiger partial charge in [-0.1, -0.05) is 36.4 Å². The van der Waals surface area contributed by atoms with Crippen molar-refractivity contribution in [3.63, 3.8) is 0 Å². The molecule has 5 nitrogen and oxygen atoms in total. The average molecular weight is 623 g/mol. The summed E-state index contributed by atoms with van der Waals surface area (Å²) in [7, 11) is 0. The number of nitrogens with one attached hydrogen (secondary N) is 2. The lowest BCUT2D eigenvalue weighted by Gasteiger charge is -2.37. The minimum absolute atomic E-state index is 0.0830. The second-order valence-corrected chi connectivity index (χ2v) is 9.88. The second-order valence-electron chi connectivity index (χ2n) is 9.88. The number of halogens is 9. The lowest BCUT2D eigenvalue weighted by Crippen LogP contribution is -2.55. The molecule has 3 rings (SSSR count). The van der Waals surface area contributed by atoms with Crippen LogP contribution in [-0.4, -0.2) is 36.9 Å². The Hall–Kier alpha value is -4.10. The van der Waals surface area contributed by atoms with Crippen molar-refractivity contribution in [2.75, 3.05) is 0 Å². The molecule has 234 valence electrons. The number of urea groups is 1. The Morgan fingerprint density at radius 1 is 0.860 bits per heavy atom. The van der Waals surface area contributed by atoms with Crippen LogP contribution in [0.1, 0.15) is 37.5 Å². The molecular weight excluding hydrogens is 595 g/mol. The standard InChI is InChI=1S/C29H27F9N2O3/c1-16(2)42-24-13-19(9-10-23(24)31)27(15-18-7-5-4-6-8-18,40-26(41)39-17(3)28(34,35)36)20-11-21(30)14-22(12-20)43-29(37,38)25(32)33/h4-14,16-17,25H,15H2,1-3H3,(H2,39,40,41). The summed E-state index contributed by atoms with van der Waals surface area (Å²) in [5, 5.41) is 4.09. The highest BCUT2D eigenvalue weighted by Gasteiger charge is 2.45. The summed E-state index contributed by atoms with van der Waals surface area (Å²) in [4.78, 5) is 13.1. The molecule has 0 radical (unpaired) electrons. The first-order chi connectivity index (χ1) is 19.9. The minimum Gasteiger partial charge on any atom is -0.488 e. The highest BCUT2D eigenvalue weighted by atomic mass is 19.4. The molecule has 2 unspecified atom stereocenters. The molecule has 0 aliphatic carbocycles. The maximum atomic E-state index is 14.9. The Bertz CT molecular complexity index is 1400. The zero-order valence-corrected chi connectivity index (χ0v) is 22.9. The van der Waals surface area contributed by atoms with E-state index < -0.39 is 65.4 Å². The van der Waals surface area contributed by atoms with Crippen LogP contribution in [0.25, 0.3) is 0 Å². The van der Waals surface area contributed by atoms with Gasteiger partial charge in [0.05, 0.1) is 11.6 Å². The van der Waals surface area contributed by atoms with Crippen molar-refractivity contribution in [3.05, 3.63) is 95.1 Å². The van der Waals surface area contributed by atoms with Crippen LogP contribution in [0.3, 0.4) is 0 Å². The number of alkyl halides is 7. The van der Waals surface area contributed by atoms with E-state index in [0.717, 1.165) is 30.3 Å². The summed E-state index contributed by atoms with van der Waals surface area (Å²) in [6, 6.07) is 9.08. The first-order valence-electron chi connectivity index (χ1n) is 12.7. The van der Waals surface area contributed by atoms with Gasteiger partial charge in [-0.2, -0.15) is 30.7 Å². The Morgan fingerprint density at radius 2 is 1.51 bits per heavy atom. The van der Waals surface area contributed by atoms with Gasteiger partial charge in [0.15, 0.2) is 11.6 Å². The van der Waals surface area contributed by atoms with Gasteiger partial charge in [0.2, 0.25) is 0 Å². The van der Waals surface area contributed by atoms with Gasteiger partial charge >= 0.3 is 24.7 Å². The van der Waals surface area contributed by atoms with E-state index in [-0.39, 0.29) is 17.7 Å². The number of benzene rings is 3. The molecule has 0 heterocycles. The smallest absolute Gasteiger partial charge is 0.461 e. The van der Waals surface area contributed by atoms with E-state index in [1.165, 1.54) is 0 Å². The molecule has 0 aliphatic heterocycles. The van der Waals surface area contributed by atoms with Crippen LogP contribution in [0.5, 0.6) is 11.5 Å². The van der Waals surface area contributed by atoms with Gasteiger partial charge in [0.25, 0.3) is 0 Å². The quantitative estimate of drug-likeness (QED) is 0.215. The third-order valence-corrected chi connectivity index (χ3v) is 6.14. The summed E-state index contributed by atoms with van der Waals surface area (Å²) >= 11 is 0. The maximum Gasteiger partial charge on any atom is 0.461 e. The van der Waals surface area contributed by atoms with Crippen LogP contribution < -0.4 is 20.1 Å². The Morgan fingerprint density at radius 3 is 2.09 bits per heavy atom. The molecule has 14 heteroatoms. The van der Waals surface area contributed by atoms with Crippen LogP contribution in [0.2, 0.25) is 0 Å². The number of rotatable bonds is 11. The fourth-order valence-corrected chi connectivity index (χ4v) is 4.15. The molecule has 3 aromatic rings. The SMILES string of the molecule is CC(C)Oc1cc(C(Cc2ccccc2)(NC(=O)NC(C)C(F)(F)F)c2cc(F)cc(OC(F)(F)C(F)F)c2)ccc1F. The van der Waals surface area contributed by atoms with Crippen LogP contribution in [0.4, 0.5) is 44.3 Å². The summed E-state index contributed by atoms with van der Waals surface area (Å²) in [5.41, 5.74) is -2.24. The van der Waals surface area contributed by atoms with E-state index in [1.807, 2.05) is 0 Å². The van der Waals surface area contributed by atoms with Crippen molar-refractivity contribution >= 4 is 6.03 Å². The topological polar surface area (TPSA) is 59.6 Å². The van der Waals surface area contributed by atoms with Gasteiger partial charge < -0.3 is 20.1 Å². The summed E-state index contributed by atoms with van der Waals surface area (Å²) in [6.45, 7) is 3.81. The Balaban J connectivity index is 2.32. The summed E-state index contributed by atoms with van der Waals surface area (Å²) in [5.74, 6) is -3.57. The number of carbonyl (C=O) groups is 1. The predicted octanol–water partition coefficient (Wildman–Crippen LogP) is 7.73. The monoisotopic (exact) mass is 622 g/mol. The Kier molecular flexibility index (Phi) is 10.1. The first kappa shape index (κ1) is 33.4. The number of hydrogen-bond acceptors (Lipinski definition) is 3. The van der Waals surface area contributed by atoms with Gasteiger partial charge in [-0.05, 0) is 61.7 Å². The number of amides is 2. The lowest BCUT2D eigenvalue weighted by molar-refractivity contribution is -0.253. The van der Waals surface area contributed by atoms with E-state index in [1.54, 1.807) is 49.5 Å². The van der Waals surface area contributed by atoms with E-state index in [2.05, 4.69) is 10.1 Å². The van der Waals surface area contributed by atoms with Crippen molar-refractivity contribution in [2.45, 2.75) is 63.6 Å². The van der Waals surface area contributed by atoms with E-state index in [0.29, 0.717) is 18.6 Å². The van der Waals surface area contributed by atoms with E-state index in [4.69, 9.17) is 4.74 Å². The molecule has 0 bridgehead atoms. The molecule has 2 amide bonds. The van der Waals surface area contributed by atoms with Crippen LogP contribution in [0.15, 0.2) is 66.7 Å². The second kappa shape index (κ2) is 13.0. The Labute approximate surface area is 241 Å². The highest BCUT2D eigenvalue weighted by molar-refractivity contribution is 5.76. The predicted molar refractivity (Wildman–Crippen MR) is 138 cm³/mol. The fraction of sp³-hybridized carbons (Fsp3) is 0.345. The fourth-order valence-electron chi connectivity index (χ4n) is 4.15. The molecule has 2 N–H and O–H groups in total. The third-order valence-electron chi connectivity index (χ3n) is 6.14. The molecule has 0 spiro atoms. The van der Waals surface area contributed by atoms with E-state index in [9.17, 15) is 44.3 Å². The van der Waals surface area contributed by atoms with Crippen molar-refractivity contribution < 1.29 is 53.8 Å². The summed E-state index contributed by atoms with van der Waals surface area (Å²) in [6.07, 6.45) is -15.2. The van der Waals surface area contributed by atoms with Gasteiger partial charge in [-0.25, -0.2) is 13.6 Å². The van der Waals surface area contributed by atoms with Gasteiger partial charge in [0.1, 0.15) is 17.6 Å². The van der Waals surface area contributed by atoms with Gasteiger partial charge in [-0.3, -0.25) is 0 Å². The minimum atomic E-state index is -5.05. The van der Waals surface area contributed by atoms with Crippen molar-refractivity contribution in [1.29, 1.82) is 0 Å². The molecule has 0 aromatic heterocycles. The summed E-state index contributed by atoms with van der Waals surface area (Å²) < 4.78 is 132. The normalized spacial score (nSPS) is 14.3. The maximum absolute atomic E-state index is 14.9. The molecule has 0 saturated heterocycles. The van der Waals surface area contributed by atoms with Gasteiger partial charge in [-0.15, -0.1) is 0 Å².